The Bertz CT molecular complexity index is 195. The standard InChI is InChI=1S/C8H16N2O2/c1-6-7(8(6,11)12-4)10(3)5-9-2/h5-7,11H,1-4H3. The van der Waals surface area contributed by atoms with Crippen molar-refractivity contribution in [3.63, 3.8) is 0 Å². The lowest BCUT2D eigenvalue weighted by atomic mass is 10.4. The molecule has 70 valence electrons. The Kier molecular flexibility index (Phi) is 2.39. The van der Waals surface area contributed by atoms with Gasteiger partial charge in [0.25, 0.3) is 0 Å². The summed E-state index contributed by atoms with van der Waals surface area (Å²) in [5.41, 5.74) is 0. The van der Waals surface area contributed by atoms with Crippen LogP contribution in [0.25, 0.3) is 0 Å². The average Bonchev–Trinajstić information content (AvgIpc) is 2.57. The third-order valence-corrected chi connectivity index (χ3v) is 2.50. The van der Waals surface area contributed by atoms with Gasteiger partial charge in [-0.15, -0.1) is 0 Å². The maximum atomic E-state index is 9.74. The molecule has 0 spiro atoms. The van der Waals surface area contributed by atoms with Crippen LogP contribution in [0.3, 0.4) is 0 Å². The van der Waals surface area contributed by atoms with E-state index in [0.717, 1.165) is 0 Å². The number of hydrogen-bond donors (Lipinski definition) is 1. The van der Waals surface area contributed by atoms with Crippen LogP contribution in [0.1, 0.15) is 6.92 Å². The van der Waals surface area contributed by atoms with Gasteiger partial charge in [-0.3, -0.25) is 4.99 Å². The summed E-state index contributed by atoms with van der Waals surface area (Å²) in [6.45, 7) is 1.95. The SMILES string of the molecule is CN=CN(C)C1C(C)C1(O)OC. The maximum absolute atomic E-state index is 9.74. The molecule has 0 radical (unpaired) electrons. The summed E-state index contributed by atoms with van der Waals surface area (Å²) in [5, 5.41) is 9.74. The molecule has 4 nitrogen and oxygen atoms in total. The Labute approximate surface area is 72.9 Å². The molecule has 0 aliphatic heterocycles. The highest BCUT2D eigenvalue weighted by molar-refractivity contribution is 5.56. The van der Waals surface area contributed by atoms with Gasteiger partial charge in [-0.2, -0.15) is 0 Å². The first-order valence-corrected chi connectivity index (χ1v) is 3.99. The number of rotatable bonds is 3. The summed E-state index contributed by atoms with van der Waals surface area (Å²) in [7, 11) is 5.11. The van der Waals surface area contributed by atoms with Crippen molar-refractivity contribution in [1.82, 2.24) is 4.90 Å². The van der Waals surface area contributed by atoms with Crippen LogP contribution in [0.4, 0.5) is 0 Å². The van der Waals surface area contributed by atoms with E-state index in [9.17, 15) is 5.11 Å². The molecular weight excluding hydrogens is 156 g/mol. The molecule has 1 rings (SSSR count). The molecule has 0 aromatic carbocycles. The van der Waals surface area contributed by atoms with E-state index in [-0.39, 0.29) is 12.0 Å². The molecule has 1 saturated carbocycles. The minimum atomic E-state index is -0.976. The van der Waals surface area contributed by atoms with Gasteiger partial charge >= 0.3 is 0 Å². The maximum Gasteiger partial charge on any atom is 0.191 e. The van der Waals surface area contributed by atoms with Gasteiger partial charge in [-0.1, -0.05) is 6.92 Å². The number of hydrogen-bond acceptors (Lipinski definition) is 3. The van der Waals surface area contributed by atoms with Crippen LogP contribution in [0.5, 0.6) is 0 Å². The van der Waals surface area contributed by atoms with Crippen LogP contribution >= 0.6 is 0 Å². The summed E-state index contributed by atoms with van der Waals surface area (Å²) in [6, 6.07) is 0.0335. The van der Waals surface area contributed by atoms with Crippen molar-refractivity contribution in [1.29, 1.82) is 0 Å². The van der Waals surface area contributed by atoms with Crippen molar-refractivity contribution in [3.8, 4) is 0 Å². The van der Waals surface area contributed by atoms with Gasteiger partial charge in [0, 0.05) is 27.1 Å². The second-order valence-electron chi connectivity index (χ2n) is 3.23. The average molecular weight is 172 g/mol. The monoisotopic (exact) mass is 172 g/mol. The van der Waals surface area contributed by atoms with Gasteiger partial charge < -0.3 is 14.7 Å². The zero-order valence-corrected chi connectivity index (χ0v) is 7.98. The molecular formula is C8H16N2O2. The molecule has 12 heavy (non-hydrogen) atoms. The minimum Gasteiger partial charge on any atom is -0.364 e. The highest BCUT2D eigenvalue weighted by Gasteiger charge is 2.64. The van der Waals surface area contributed by atoms with Crippen molar-refractivity contribution in [2.75, 3.05) is 21.2 Å². The van der Waals surface area contributed by atoms with Crippen LogP contribution in [-0.4, -0.2) is 49.4 Å². The molecule has 1 fully saturated rings. The smallest absolute Gasteiger partial charge is 0.191 e. The van der Waals surface area contributed by atoms with Crippen LogP contribution in [-0.2, 0) is 4.74 Å². The van der Waals surface area contributed by atoms with E-state index in [4.69, 9.17) is 4.74 Å². The quantitative estimate of drug-likeness (QED) is 0.368. The summed E-state index contributed by atoms with van der Waals surface area (Å²) >= 11 is 0. The third-order valence-electron chi connectivity index (χ3n) is 2.50. The lowest BCUT2D eigenvalue weighted by molar-refractivity contribution is -0.121. The van der Waals surface area contributed by atoms with E-state index in [0.29, 0.717) is 0 Å². The largest absolute Gasteiger partial charge is 0.364 e. The highest BCUT2D eigenvalue weighted by Crippen LogP contribution is 2.46. The van der Waals surface area contributed by atoms with Crippen molar-refractivity contribution in [2.45, 2.75) is 18.8 Å². The van der Waals surface area contributed by atoms with E-state index in [1.807, 2.05) is 18.9 Å². The second kappa shape index (κ2) is 3.03. The van der Waals surface area contributed by atoms with Gasteiger partial charge in [-0.25, -0.2) is 0 Å². The highest BCUT2D eigenvalue weighted by atomic mass is 16.6. The lowest BCUT2D eigenvalue weighted by Gasteiger charge is -2.14. The van der Waals surface area contributed by atoms with E-state index in [2.05, 4.69) is 4.99 Å². The Morgan fingerprint density at radius 1 is 1.67 bits per heavy atom. The van der Waals surface area contributed by atoms with Gasteiger partial charge in [0.2, 0.25) is 0 Å². The molecule has 3 unspecified atom stereocenters. The molecule has 0 heterocycles. The van der Waals surface area contributed by atoms with E-state index in [1.54, 1.807) is 13.4 Å². The predicted molar refractivity (Wildman–Crippen MR) is 47.1 cm³/mol. The van der Waals surface area contributed by atoms with E-state index >= 15 is 0 Å². The normalized spacial score (nSPS) is 40.4. The number of methoxy groups -OCH3 is 1. The molecule has 3 atom stereocenters. The van der Waals surface area contributed by atoms with Crippen molar-refractivity contribution in [3.05, 3.63) is 0 Å². The van der Waals surface area contributed by atoms with Crippen LogP contribution in [0.15, 0.2) is 4.99 Å². The van der Waals surface area contributed by atoms with Gasteiger partial charge in [0.05, 0.1) is 12.4 Å². The van der Waals surface area contributed by atoms with Crippen LogP contribution < -0.4 is 0 Å². The number of aliphatic imine (C=N–C) groups is 1. The number of likely N-dealkylation sites (N-methyl/N-ethyl adjacent to an activating group) is 1. The first-order chi connectivity index (χ1) is 5.57. The molecule has 0 aromatic rings. The summed E-state index contributed by atoms with van der Waals surface area (Å²) in [6.07, 6.45) is 1.69. The lowest BCUT2D eigenvalue weighted by Crippen LogP contribution is -2.29. The molecule has 0 amide bonds. The molecule has 0 saturated heterocycles. The zero-order chi connectivity index (χ0) is 9.35. The molecule has 1 aliphatic rings. The van der Waals surface area contributed by atoms with Crippen molar-refractivity contribution in [2.24, 2.45) is 10.9 Å². The Morgan fingerprint density at radius 3 is 2.58 bits per heavy atom. The first-order valence-electron chi connectivity index (χ1n) is 3.99. The molecule has 1 N–H and O–H groups in total. The number of ether oxygens (including phenoxy) is 1. The minimum absolute atomic E-state index is 0.0335. The Hall–Kier alpha value is -0.610. The fraction of sp³-hybridized carbons (Fsp3) is 0.875. The second-order valence-corrected chi connectivity index (χ2v) is 3.23. The molecule has 0 aromatic heterocycles. The van der Waals surface area contributed by atoms with Crippen molar-refractivity contribution >= 4 is 6.34 Å². The first kappa shape index (κ1) is 9.48. The van der Waals surface area contributed by atoms with Crippen LogP contribution in [0.2, 0.25) is 0 Å². The fourth-order valence-corrected chi connectivity index (χ4v) is 1.70. The number of aliphatic hydroxyl groups is 1. The molecule has 0 bridgehead atoms. The Morgan fingerprint density at radius 2 is 2.25 bits per heavy atom. The van der Waals surface area contributed by atoms with Gasteiger partial charge in [0.1, 0.15) is 0 Å². The predicted octanol–water partition coefficient (Wildman–Crippen LogP) is -0.0704. The summed E-state index contributed by atoms with van der Waals surface area (Å²) in [4.78, 5) is 5.73. The van der Waals surface area contributed by atoms with Crippen molar-refractivity contribution < 1.29 is 9.84 Å². The zero-order valence-electron chi connectivity index (χ0n) is 7.98. The number of nitrogens with zero attached hydrogens (tertiary/aromatic N) is 2. The van der Waals surface area contributed by atoms with E-state index in [1.165, 1.54) is 7.11 Å². The summed E-state index contributed by atoms with van der Waals surface area (Å²) in [5.74, 6) is -0.832. The van der Waals surface area contributed by atoms with Gasteiger partial charge in [-0.05, 0) is 0 Å². The topological polar surface area (TPSA) is 45.1 Å². The Balaban J connectivity index is 2.58. The fourth-order valence-electron chi connectivity index (χ4n) is 1.70. The molecule has 1 aliphatic carbocycles. The molecule has 4 heteroatoms. The summed E-state index contributed by atoms with van der Waals surface area (Å²) < 4.78 is 4.99. The van der Waals surface area contributed by atoms with Gasteiger partial charge in [0.15, 0.2) is 5.79 Å². The third kappa shape index (κ3) is 1.21. The van der Waals surface area contributed by atoms with E-state index < -0.39 is 5.79 Å². The van der Waals surface area contributed by atoms with Crippen LogP contribution in [0, 0.1) is 5.92 Å².